The summed E-state index contributed by atoms with van der Waals surface area (Å²) in [4.78, 5) is 22.0. The molecule has 3 N–H and O–H groups in total. The second kappa shape index (κ2) is 6.85. The lowest BCUT2D eigenvalue weighted by Gasteiger charge is -2.18. The summed E-state index contributed by atoms with van der Waals surface area (Å²) in [5.74, 6) is -2.41. The maximum Gasteiger partial charge on any atom is 0.337 e. The van der Waals surface area contributed by atoms with Gasteiger partial charge in [-0.3, -0.25) is 4.79 Å². The molecule has 1 aromatic carbocycles. The molecule has 0 aliphatic carbocycles. The lowest BCUT2D eigenvalue weighted by atomic mass is 10.1. The summed E-state index contributed by atoms with van der Waals surface area (Å²) >= 11 is 0. The zero-order valence-electron chi connectivity index (χ0n) is 10.9. The highest BCUT2D eigenvalue weighted by Crippen LogP contribution is 2.15. The summed E-state index contributed by atoms with van der Waals surface area (Å²) in [5.41, 5.74) is -2.03. The second-order valence-electron chi connectivity index (χ2n) is 4.38. The molecule has 0 heterocycles. The van der Waals surface area contributed by atoms with Gasteiger partial charge in [0.1, 0.15) is 0 Å². The van der Waals surface area contributed by atoms with Gasteiger partial charge in [0.15, 0.2) is 17.2 Å². The first kappa shape index (κ1) is 15.9. The number of aliphatic carboxylic acids is 1. The molecule has 1 amide bonds. The summed E-state index contributed by atoms with van der Waals surface area (Å²) in [6, 6.07) is 5.79. The van der Waals surface area contributed by atoms with Crippen molar-refractivity contribution in [1.29, 1.82) is 0 Å². The van der Waals surface area contributed by atoms with Crippen LogP contribution < -0.4 is 10.1 Å². The van der Waals surface area contributed by atoms with E-state index < -0.39 is 29.8 Å². The number of para-hydroxylation sites is 1. The van der Waals surface area contributed by atoms with Crippen molar-refractivity contribution in [2.75, 3.05) is 13.2 Å². The highest BCUT2D eigenvalue weighted by atomic mass is 19.1. The van der Waals surface area contributed by atoms with Crippen LogP contribution in [0.15, 0.2) is 24.3 Å². The van der Waals surface area contributed by atoms with Crippen molar-refractivity contribution in [2.45, 2.75) is 18.9 Å². The van der Waals surface area contributed by atoms with Crippen molar-refractivity contribution in [2.24, 2.45) is 0 Å². The number of carboxylic acids is 1. The number of carboxylic acid groups (broad SMARTS) is 1. The predicted octanol–water partition coefficient (Wildman–Crippen LogP) is 0.546. The number of halogens is 1. The van der Waals surface area contributed by atoms with Crippen LogP contribution in [0, 0.1) is 5.82 Å². The number of carbonyl (C=O) groups excluding carboxylic acids is 1. The molecular formula is C13H16FNO5. The molecule has 0 bridgehead atoms. The number of hydrogen-bond donors (Lipinski definition) is 3. The van der Waals surface area contributed by atoms with Crippen molar-refractivity contribution in [3.63, 3.8) is 0 Å². The molecule has 0 radical (unpaired) electrons. The molecule has 1 aromatic rings. The zero-order chi connectivity index (χ0) is 15.2. The van der Waals surface area contributed by atoms with E-state index in [1.165, 1.54) is 18.2 Å². The van der Waals surface area contributed by atoms with Gasteiger partial charge in [-0.05, 0) is 19.1 Å². The van der Waals surface area contributed by atoms with E-state index in [0.717, 1.165) is 6.92 Å². The molecule has 0 saturated carbocycles. The van der Waals surface area contributed by atoms with Gasteiger partial charge in [0.25, 0.3) is 0 Å². The number of aliphatic hydroxyl groups is 1. The van der Waals surface area contributed by atoms with E-state index in [1.54, 1.807) is 6.07 Å². The molecule has 0 spiro atoms. The van der Waals surface area contributed by atoms with Gasteiger partial charge < -0.3 is 20.3 Å². The third-order valence-electron chi connectivity index (χ3n) is 2.51. The summed E-state index contributed by atoms with van der Waals surface area (Å²) in [6.45, 7) is 0.605. The zero-order valence-corrected chi connectivity index (χ0v) is 10.9. The highest BCUT2D eigenvalue weighted by Gasteiger charge is 2.30. The topological polar surface area (TPSA) is 95.9 Å². The van der Waals surface area contributed by atoms with E-state index in [9.17, 15) is 19.1 Å². The van der Waals surface area contributed by atoms with E-state index >= 15 is 0 Å². The van der Waals surface area contributed by atoms with Gasteiger partial charge in [-0.2, -0.15) is 0 Å². The molecule has 0 aliphatic heterocycles. The van der Waals surface area contributed by atoms with Crippen LogP contribution in [0.2, 0.25) is 0 Å². The minimum Gasteiger partial charge on any atom is -0.490 e. The normalized spacial score (nSPS) is 13.3. The lowest BCUT2D eigenvalue weighted by Crippen LogP contribution is -2.46. The highest BCUT2D eigenvalue weighted by molar-refractivity contribution is 5.80. The monoisotopic (exact) mass is 285 g/mol. The lowest BCUT2D eigenvalue weighted by molar-refractivity contribution is -0.156. The third kappa shape index (κ3) is 4.85. The molecule has 0 aromatic heterocycles. The van der Waals surface area contributed by atoms with Crippen molar-refractivity contribution in [1.82, 2.24) is 5.32 Å². The molecule has 1 rings (SSSR count). The fourth-order valence-electron chi connectivity index (χ4n) is 1.25. The van der Waals surface area contributed by atoms with E-state index in [-0.39, 0.29) is 18.8 Å². The SMILES string of the molecule is CC(O)(CNC(=O)CCOc1ccccc1F)C(=O)O. The first-order valence-electron chi connectivity index (χ1n) is 5.93. The first-order chi connectivity index (χ1) is 9.33. The standard InChI is InChI=1S/C13H16FNO5/c1-13(19,12(17)18)8-15-11(16)6-7-20-10-5-3-2-4-9(10)14/h2-5,19H,6-8H2,1H3,(H,15,16)(H,17,18). The number of amides is 1. The second-order valence-corrected chi connectivity index (χ2v) is 4.38. The molecular weight excluding hydrogens is 269 g/mol. The molecule has 20 heavy (non-hydrogen) atoms. The Labute approximate surface area is 115 Å². The Morgan fingerprint density at radius 3 is 2.65 bits per heavy atom. The maximum absolute atomic E-state index is 13.2. The number of nitrogens with one attached hydrogen (secondary N) is 1. The van der Waals surface area contributed by atoms with Gasteiger partial charge in [-0.25, -0.2) is 9.18 Å². The maximum atomic E-state index is 13.2. The molecule has 110 valence electrons. The van der Waals surface area contributed by atoms with Gasteiger partial charge in [0, 0.05) is 0 Å². The summed E-state index contributed by atoms with van der Waals surface area (Å²) in [7, 11) is 0. The van der Waals surface area contributed by atoms with E-state index in [1.807, 2.05) is 0 Å². The van der Waals surface area contributed by atoms with Crippen LogP contribution in [0.1, 0.15) is 13.3 Å². The van der Waals surface area contributed by atoms with Gasteiger partial charge in [0.2, 0.25) is 5.91 Å². The number of rotatable bonds is 7. The summed E-state index contributed by atoms with van der Waals surface area (Å²) in [5, 5.41) is 20.3. The number of carbonyl (C=O) groups is 2. The molecule has 1 unspecified atom stereocenters. The Morgan fingerprint density at radius 1 is 1.40 bits per heavy atom. The fourth-order valence-corrected chi connectivity index (χ4v) is 1.25. The van der Waals surface area contributed by atoms with Crippen molar-refractivity contribution < 1.29 is 28.9 Å². The van der Waals surface area contributed by atoms with Crippen molar-refractivity contribution in [3.05, 3.63) is 30.1 Å². The quantitative estimate of drug-likeness (QED) is 0.680. The predicted molar refractivity (Wildman–Crippen MR) is 67.8 cm³/mol. The number of hydrogen-bond acceptors (Lipinski definition) is 4. The van der Waals surface area contributed by atoms with Crippen LogP contribution in [0.3, 0.4) is 0 Å². The van der Waals surface area contributed by atoms with Gasteiger partial charge >= 0.3 is 5.97 Å². The Morgan fingerprint density at radius 2 is 2.05 bits per heavy atom. The van der Waals surface area contributed by atoms with E-state index in [0.29, 0.717) is 0 Å². The van der Waals surface area contributed by atoms with Gasteiger partial charge in [-0.15, -0.1) is 0 Å². The molecule has 1 atom stereocenters. The minimum absolute atomic E-state index is 0.0397. The fraction of sp³-hybridized carbons (Fsp3) is 0.385. The smallest absolute Gasteiger partial charge is 0.337 e. The van der Waals surface area contributed by atoms with Crippen molar-refractivity contribution >= 4 is 11.9 Å². The Hall–Kier alpha value is -2.15. The van der Waals surface area contributed by atoms with Gasteiger partial charge in [-0.1, -0.05) is 12.1 Å². The Balaban J connectivity index is 2.31. The minimum atomic E-state index is -2.03. The number of ether oxygens (including phenoxy) is 1. The molecule has 7 heteroatoms. The van der Waals surface area contributed by atoms with E-state index in [4.69, 9.17) is 9.84 Å². The molecule has 6 nitrogen and oxygen atoms in total. The molecule has 0 aliphatic rings. The first-order valence-corrected chi connectivity index (χ1v) is 5.93. The number of benzene rings is 1. The van der Waals surface area contributed by atoms with Crippen LogP contribution in [-0.2, 0) is 9.59 Å². The Kier molecular flexibility index (Phi) is 5.45. The van der Waals surface area contributed by atoms with E-state index in [2.05, 4.69) is 5.32 Å². The van der Waals surface area contributed by atoms with Crippen LogP contribution >= 0.6 is 0 Å². The Bertz CT molecular complexity index is 489. The third-order valence-corrected chi connectivity index (χ3v) is 2.51. The summed E-state index contributed by atoms with van der Waals surface area (Å²) < 4.78 is 18.3. The van der Waals surface area contributed by atoms with Crippen LogP contribution in [-0.4, -0.2) is 40.8 Å². The molecule has 0 saturated heterocycles. The van der Waals surface area contributed by atoms with Crippen molar-refractivity contribution in [3.8, 4) is 5.75 Å². The average molecular weight is 285 g/mol. The largest absolute Gasteiger partial charge is 0.490 e. The van der Waals surface area contributed by atoms with Crippen LogP contribution in [0.5, 0.6) is 5.75 Å². The van der Waals surface area contributed by atoms with Crippen LogP contribution in [0.4, 0.5) is 4.39 Å². The average Bonchev–Trinajstić information content (AvgIpc) is 2.38. The van der Waals surface area contributed by atoms with Crippen LogP contribution in [0.25, 0.3) is 0 Å². The molecule has 0 fully saturated rings. The summed E-state index contributed by atoms with van der Waals surface area (Å²) in [6.07, 6.45) is -0.0793. The van der Waals surface area contributed by atoms with Gasteiger partial charge in [0.05, 0.1) is 19.6 Å².